The van der Waals surface area contributed by atoms with Gasteiger partial charge in [0.2, 0.25) is 0 Å². The first-order valence-electron chi connectivity index (χ1n) is 3.62. The Morgan fingerprint density at radius 3 is 2.91 bits per heavy atom. The molecule has 0 amide bonds. The number of aliphatic hydroxyl groups excluding tert-OH is 1. The van der Waals surface area contributed by atoms with Gasteiger partial charge in [0.25, 0.3) is 6.47 Å². The Bertz CT molecular complexity index is 147. The summed E-state index contributed by atoms with van der Waals surface area (Å²) in [6.07, 6.45) is 0.942. The van der Waals surface area contributed by atoms with Crippen molar-refractivity contribution in [2.24, 2.45) is 0 Å². The number of ether oxygens (including phenoxy) is 1. The van der Waals surface area contributed by atoms with Crippen LogP contribution in [0, 0.1) is 0 Å². The molecule has 64 valence electrons. The van der Waals surface area contributed by atoms with Crippen molar-refractivity contribution in [3.63, 3.8) is 0 Å². The summed E-state index contributed by atoms with van der Waals surface area (Å²) in [5.74, 6) is 0. The molecule has 0 aromatic heterocycles. The average Bonchev–Trinajstić information content (AvgIpc) is 2.28. The van der Waals surface area contributed by atoms with E-state index in [9.17, 15) is 9.90 Å². The first-order valence-corrected chi connectivity index (χ1v) is 3.62. The number of aliphatic hydroxyl groups is 2. The van der Waals surface area contributed by atoms with E-state index in [4.69, 9.17) is 5.11 Å². The van der Waals surface area contributed by atoms with E-state index < -0.39 is 11.7 Å². The smallest absolute Gasteiger partial charge is 0.293 e. The van der Waals surface area contributed by atoms with Gasteiger partial charge in [-0.2, -0.15) is 0 Å². The van der Waals surface area contributed by atoms with Crippen LogP contribution >= 0.6 is 0 Å². The van der Waals surface area contributed by atoms with Gasteiger partial charge in [-0.1, -0.05) is 0 Å². The van der Waals surface area contributed by atoms with Crippen LogP contribution in [0.3, 0.4) is 0 Å². The lowest BCUT2D eigenvalue weighted by atomic mass is 10.0. The minimum absolute atomic E-state index is 0.00639. The molecule has 0 aliphatic heterocycles. The maximum absolute atomic E-state index is 9.79. The fourth-order valence-electron chi connectivity index (χ4n) is 1.40. The number of carbonyl (C=O) groups excluding carboxylic acids is 1. The minimum Gasteiger partial charge on any atom is -0.465 e. The normalized spacial score (nSPS) is 37.1. The van der Waals surface area contributed by atoms with Crippen LogP contribution in [0.25, 0.3) is 0 Å². The predicted molar refractivity (Wildman–Crippen MR) is 36.8 cm³/mol. The van der Waals surface area contributed by atoms with Crippen molar-refractivity contribution in [2.45, 2.75) is 31.0 Å². The van der Waals surface area contributed by atoms with Crippen LogP contribution < -0.4 is 0 Å². The van der Waals surface area contributed by atoms with Gasteiger partial charge in [-0.25, -0.2) is 0 Å². The summed E-state index contributed by atoms with van der Waals surface area (Å²) in [6, 6.07) is 0. The highest BCUT2D eigenvalue weighted by atomic mass is 16.5. The molecule has 1 aliphatic rings. The summed E-state index contributed by atoms with van der Waals surface area (Å²) < 4.78 is 4.43. The zero-order valence-electron chi connectivity index (χ0n) is 6.19. The molecule has 2 atom stereocenters. The molecule has 0 radical (unpaired) electrons. The van der Waals surface area contributed by atoms with Gasteiger partial charge in [-0.15, -0.1) is 0 Å². The Balaban J connectivity index is 2.35. The summed E-state index contributed by atoms with van der Waals surface area (Å²) in [7, 11) is 0. The second kappa shape index (κ2) is 3.19. The van der Waals surface area contributed by atoms with Crippen molar-refractivity contribution in [1.29, 1.82) is 0 Å². The highest BCUT2D eigenvalue weighted by Crippen LogP contribution is 2.29. The fourth-order valence-corrected chi connectivity index (χ4v) is 1.40. The van der Waals surface area contributed by atoms with E-state index in [1.165, 1.54) is 0 Å². The number of hydrogen-bond donors (Lipinski definition) is 2. The van der Waals surface area contributed by atoms with Gasteiger partial charge in [0.1, 0.15) is 12.2 Å². The van der Waals surface area contributed by atoms with Crippen LogP contribution in [0.1, 0.15) is 19.3 Å². The van der Waals surface area contributed by atoms with Gasteiger partial charge < -0.3 is 14.9 Å². The summed E-state index contributed by atoms with van der Waals surface area (Å²) in [5, 5.41) is 18.6. The maximum atomic E-state index is 9.79. The minimum atomic E-state index is -0.986. The van der Waals surface area contributed by atoms with Crippen LogP contribution in [0.2, 0.25) is 0 Å². The highest BCUT2D eigenvalue weighted by Gasteiger charge is 2.37. The highest BCUT2D eigenvalue weighted by molar-refractivity contribution is 5.37. The molecule has 1 aliphatic carbocycles. The first kappa shape index (κ1) is 8.49. The van der Waals surface area contributed by atoms with E-state index in [0.29, 0.717) is 25.7 Å². The lowest BCUT2D eigenvalue weighted by Gasteiger charge is -2.19. The fraction of sp³-hybridized carbons (Fsp3) is 0.857. The van der Waals surface area contributed by atoms with Crippen LogP contribution in [-0.2, 0) is 9.53 Å². The molecule has 0 spiro atoms. The largest absolute Gasteiger partial charge is 0.465 e. The quantitative estimate of drug-likeness (QED) is 0.543. The number of hydrogen-bond acceptors (Lipinski definition) is 4. The van der Waals surface area contributed by atoms with Gasteiger partial charge >= 0.3 is 0 Å². The molecule has 4 nitrogen and oxygen atoms in total. The van der Waals surface area contributed by atoms with Crippen LogP contribution in [0.5, 0.6) is 0 Å². The van der Waals surface area contributed by atoms with E-state index in [2.05, 4.69) is 4.74 Å². The number of rotatable bonds is 3. The van der Waals surface area contributed by atoms with Crippen molar-refractivity contribution in [3.8, 4) is 0 Å². The standard InChI is InChI=1S/C7H12O4/c8-5-11-4-7(10)2-1-6(9)3-7/h5-6,9-10H,1-4H2. The zero-order chi connectivity index (χ0) is 8.32. The molecule has 2 unspecified atom stereocenters. The molecule has 0 heterocycles. The van der Waals surface area contributed by atoms with Crippen molar-refractivity contribution in [3.05, 3.63) is 0 Å². The van der Waals surface area contributed by atoms with Crippen LogP contribution in [-0.4, -0.2) is 35.0 Å². The van der Waals surface area contributed by atoms with E-state index in [1.54, 1.807) is 0 Å². The second-order valence-electron chi connectivity index (χ2n) is 3.03. The average molecular weight is 160 g/mol. The monoisotopic (exact) mass is 160 g/mol. The van der Waals surface area contributed by atoms with Crippen molar-refractivity contribution >= 4 is 6.47 Å². The van der Waals surface area contributed by atoms with Gasteiger partial charge in [0.15, 0.2) is 0 Å². The topological polar surface area (TPSA) is 66.8 Å². The molecular formula is C7H12O4. The van der Waals surface area contributed by atoms with E-state index in [1.807, 2.05) is 0 Å². The summed E-state index contributed by atoms with van der Waals surface area (Å²) in [6.45, 7) is 0.302. The Morgan fingerprint density at radius 1 is 1.73 bits per heavy atom. The van der Waals surface area contributed by atoms with Gasteiger partial charge in [-0.05, 0) is 12.8 Å². The summed E-state index contributed by atoms with van der Waals surface area (Å²) >= 11 is 0. The Morgan fingerprint density at radius 2 is 2.45 bits per heavy atom. The molecule has 0 aromatic rings. The Labute approximate surface area is 64.8 Å². The second-order valence-corrected chi connectivity index (χ2v) is 3.03. The summed E-state index contributed by atoms with van der Waals surface area (Å²) in [5.41, 5.74) is -0.986. The first-order chi connectivity index (χ1) is 5.16. The molecular weight excluding hydrogens is 148 g/mol. The van der Waals surface area contributed by atoms with Gasteiger partial charge in [-0.3, -0.25) is 4.79 Å². The lowest BCUT2D eigenvalue weighted by molar-refractivity contribution is -0.136. The molecule has 11 heavy (non-hydrogen) atoms. The molecule has 0 aromatic carbocycles. The van der Waals surface area contributed by atoms with Crippen LogP contribution in [0.15, 0.2) is 0 Å². The van der Waals surface area contributed by atoms with E-state index >= 15 is 0 Å². The zero-order valence-corrected chi connectivity index (χ0v) is 6.19. The molecule has 1 rings (SSSR count). The summed E-state index contributed by atoms with van der Waals surface area (Å²) in [4.78, 5) is 9.79. The van der Waals surface area contributed by atoms with E-state index in [0.717, 1.165) is 0 Å². The molecule has 1 fully saturated rings. The van der Waals surface area contributed by atoms with Gasteiger partial charge in [0.05, 0.1) is 6.10 Å². The molecule has 1 saturated carbocycles. The molecule has 4 heteroatoms. The maximum Gasteiger partial charge on any atom is 0.293 e. The van der Waals surface area contributed by atoms with E-state index in [-0.39, 0.29) is 6.61 Å². The van der Waals surface area contributed by atoms with Crippen molar-refractivity contribution in [2.75, 3.05) is 6.61 Å². The Kier molecular flexibility index (Phi) is 2.46. The van der Waals surface area contributed by atoms with Crippen molar-refractivity contribution < 1.29 is 19.7 Å². The van der Waals surface area contributed by atoms with Gasteiger partial charge in [0, 0.05) is 6.42 Å². The molecule has 0 saturated heterocycles. The SMILES string of the molecule is O=COCC1(O)CCC(O)C1. The Hall–Kier alpha value is -0.610. The third-order valence-electron chi connectivity index (χ3n) is 1.98. The number of carbonyl (C=O) groups is 1. The predicted octanol–water partition coefficient (Wildman–Crippen LogP) is -0.565. The molecule has 0 bridgehead atoms. The van der Waals surface area contributed by atoms with Crippen LogP contribution in [0.4, 0.5) is 0 Å². The lowest BCUT2D eigenvalue weighted by Crippen LogP contribution is -2.31. The molecule has 2 N–H and O–H groups in total. The van der Waals surface area contributed by atoms with Crippen molar-refractivity contribution in [1.82, 2.24) is 0 Å². The third-order valence-corrected chi connectivity index (χ3v) is 1.98. The third kappa shape index (κ3) is 2.17.